The van der Waals surface area contributed by atoms with Crippen LogP contribution in [0.15, 0.2) is 23.3 Å². The molecule has 13 heteroatoms. The van der Waals surface area contributed by atoms with Gasteiger partial charge in [-0.05, 0) is 28.8 Å². The fourth-order valence-electron chi connectivity index (χ4n) is 3.11. The summed E-state index contributed by atoms with van der Waals surface area (Å²) >= 11 is 3.42. The molecule has 0 spiro atoms. The van der Waals surface area contributed by atoms with Crippen LogP contribution in [0.25, 0.3) is 0 Å². The van der Waals surface area contributed by atoms with Gasteiger partial charge in [0, 0.05) is 32.0 Å². The second-order valence-electron chi connectivity index (χ2n) is 6.58. The van der Waals surface area contributed by atoms with Crippen LogP contribution < -0.4 is 5.32 Å². The van der Waals surface area contributed by atoms with Gasteiger partial charge in [-0.25, -0.2) is 23.4 Å². The number of rotatable bonds is 4. The number of sulfonamides is 1. The standard InChI is InChI=1S/C15H18BrF3N6O2S/c1-24-8-22-12(13(24)16)11-5-10(3-4-25(11)28(2,26)27)23-14-20-6-9(7-21-14)15(17,18)19/h6-8,10-11H,3-5H2,1-2H3,(H,20,21,23). The topological polar surface area (TPSA) is 93.0 Å². The van der Waals surface area contributed by atoms with E-state index in [0.717, 1.165) is 6.26 Å². The van der Waals surface area contributed by atoms with Crippen molar-refractivity contribution >= 4 is 31.9 Å². The average molecular weight is 483 g/mol. The highest BCUT2D eigenvalue weighted by atomic mass is 79.9. The first-order valence-electron chi connectivity index (χ1n) is 8.26. The second-order valence-corrected chi connectivity index (χ2v) is 9.27. The molecule has 2 unspecified atom stereocenters. The lowest BCUT2D eigenvalue weighted by Gasteiger charge is -2.37. The lowest BCUT2D eigenvalue weighted by Crippen LogP contribution is -2.44. The highest BCUT2D eigenvalue weighted by Gasteiger charge is 2.38. The number of hydrogen-bond donors (Lipinski definition) is 1. The summed E-state index contributed by atoms with van der Waals surface area (Å²) in [7, 11) is -1.69. The van der Waals surface area contributed by atoms with Gasteiger partial charge >= 0.3 is 6.18 Å². The number of aryl methyl sites for hydroxylation is 1. The van der Waals surface area contributed by atoms with Crippen LogP contribution in [0.3, 0.4) is 0 Å². The molecule has 1 saturated heterocycles. The minimum absolute atomic E-state index is 0.0599. The first kappa shape index (κ1) is 21.0. The van der Waals surface area contributed by atoms with E-state index in [9.17, 15) is 21.6 Å². The van der Waals surface area contributed by atoms with Gasteiger partial charge in [-0.15, -0.1) is 0 Å². The third kappa shape index (κ3) is 4.46. The number of nitrogens with zero attached hydrogens (tertiary/aromatic N) is 5. The van der Waals surface area contributed by atoms with Crippen LogP contribution in [0.4, 0.5) is 19.1 Å². The summed E-state index contributed by atoms with van der Waals surface area (Å²) in [5, 5.41) is 3.00. The third-order valence-electron chi connectivity index (χ3n) is 4.50. The number of imidazole rings is 1. The van der Waals surface area contributed by atoms with Crippen LogP contribution in [0, 0.1) is 0 Å². The third-order valence-corrected chi connectivity index (χ3v) is 6.75. The molecule has 0 aliphatic carbocycles. The van der Waals surface area contributed by atoms with Gasteiger partial charge in [0.2, 0.25) is 16.0 Å². The molecule has 0 amide bonds. The zero-order chi connectivity index (χ0) is 20.7. The van der Waals surface area contributed by atoms with E-state index in [-0.39, 0.29) is 18.5 Å². The highest BCUT2D eigenvalue weighted by Crippen LogP contribution is 2.36. The predicted molar refractivity (Wildman–Crippen MR) is 98.9 cm³/mol. The van der Waals surface area contributed by atoms with Crippen molar-refractivity contribution in [2.45, 2.75) is 31.1 Å². The van der Waals surface area contributed by atoms with Crippen molar-refractivity contribution in [3.63, 3.8) is 0 Å². The molecular weight excluding hydrogens is 465 g/mol. The van der Waals surface area contributed by atoms with E-state index in [1.807, 2.05) is 0 Å². The lowest BCUT2D eigenvalue weighted by atomic mass is 9.97. The van der Waals surface area contributed by atoms with Crippen LogP contribution in [0.1, 0.15) is 30.1 Å². The Morgan fingerprint density at radius 2 is 1.89 bits per heavy atom. The first-order valence-corrected chi connectivity index (χ1v) is 10.9. The van der Waals surface area contributed by atoms with E-state index >= 15 is 0 Å². The predicted octanol–water partition coefficient (Wildman–Crippen LogP) is 2.57. The molecule has 3 rings (SSSR count). The van der Waals surface area contributed by atoms with E-state index in [2.05, 4.69) is 36.2 Å². The van der Waals surface area contributed by atoms with E-state index in [1.165, 1.54) is 4.31 Å². The van der Waals surface area contributed by atoms with Crippen LogP contribution >= 0.6 is 15.9 Å². The Hall–Kier alpha value is -1.73. The van der Waals surface area contributed by atoms with E-state index in [1.54, 1.807) is 17.9 Å². The molecular formula is C15H18BrF3N6O2S. The normalized spacial score (nSPS) is 21.6. The molecule has 0 radical (unpaired) electrons. The Bertz CT molecular complexity index is 948. The van der Waals surface area contributed by atoms with Crippen molar-refractivity contribution in [1.82, 2.24) is 23.8 Å². The zero-order valence-corrected chi connectivity index (χ0v) is 17.4. The van der Waals surface area contributed by atoms with Gasteiger partial charge in [0.05, 0.1) is 29.9 Å². The smallest absolute Gasteiger partial charge is 0.351 e. The van der Waals surface area contributed by atoms with Gasteiger partial charge in [0.25, 0.3) is 0 Å². The van der Waals surface area contributed by atoms with Crippen molar-refractivity contribution in [2.75, 3.05) is 18.1 Å². The maximum atomic E-state index is 12.6. The fraction of sp³-hybridized carbons (Fsp3) is 0.533. The Morgan fingerprint density at radius 3 is 2.39 bits per heavy atom. The average Bonchev–Trinajstić information content (AvgIpc) is 2.93. The molecule has 28 heavy (non-hydrogen) atoms. The maximum Gasteiger partial charge on any atom is 0.419 e. The number of piperidine rings is 1. The summed E-state index contributed by atoms with van der Waals surface area (Å²) in [6.45, 7) is 0.241. The summed E-state index contributed by atoms with van der Waals surface area (Å²) < 4.78 is 66.1. The highest BCUT2D eigenvalue weighted by molar-refractivity contribution is 9.10. The molecule has 154 valence electrons. The van der Waals surface area contributed by atoms with Crippen molar-refractivity contribution in [3.8, 4) is 0 Å². The Morgan fingerprint density at radius 1 is 1.25 bits per heavy atom. The SMILES string of the molecule is Cn1cnc(C2CC(Nc3ncc(C(F)(F)F)cn3)CCN2S(C)(=O)=O)c1Br. The molecule has 1 aliphatic rings. The molecule has 1 aliphatic heterocycles. The van der Waals surface area contributed by atoms with Crippen molar-refractivity contribution in [2.24, 2.45) is 7.05 Å². The van der Waals surface area contributed by atoms with Gasteiger partial charge in [-0.3, -0.25) is 0 Å². The number of alkyl halides is 3. The summed E-state index contributed by atoms with van der Waals surface area (Å²) in [5.41, 5.74) is -0.354. The number of aromatic nitrogens is 4. The molecule has 2 atom stereocenters. The number of nitrogens with one attached hydrogen (secondary N) is 1. The van der Waals surface area contributed by atoms with Crippen LogP contribution in [0.5, 0.6) is 0 Å². The fourth-order valence-corrected chi connectivity index (χ4v) is 4.65. The molecule has 0 bridgehead atoms. The summed E-state index contributed by atoms with van der Waals surface area (Å²) in [6.07, 6.45) is 0.474. The van der Waals surface area contributed by atoms with Crippen molar-refractivity contribution in [1.29, 1.82) is 0 Å². The lowest BCUT2D eigenvalue weighted by molar-refractivity contribution is -0.138. The maximum absolute atomic E-state index is 12.6. The zero-order valence-electron chi connectivity index (χ0n) is 15.0. The Balaban J connectivity index is 1.80. The summed E-state index contributed by atoms with van der Waals surface area (Å²) in [6, 6.07) is -0.750. The molecule has 0 aromatic carbocycles. The monoisotopic (exact) mass is 482 g/mol. The molecule has 1 fully saturated rings. The summed E-state index contributed by atoms with van der Waals surface area (Å²) in [5.74, 6) is 0.0599. The van der Waals surface area contributed by atoms with E-state index in [4.69, 9.17) is 0 Å². The van der Waals surface area contributed by atoms with E-state index in [0.29, 0.717) is 35.5 Å². The molecule has 2 aromatic rings. The van der Waals surface area contributed by atoms with Gasteiger partial charge in [0.1, 0.15) is 4.60 Å². The number of hydrogen-bond acceptors (Lipinski definition) is 6. The Labute approximate surface area is 168 Å². The second kappa shape index (κ2) is 7.59. The van der Waals surface area contributed by atoms with Crippen molar-refractivity contribution < 1.29 is 21.6 Å². The molecule has 3 heterocycles. The number of anilines is 1. The minimum Gasteiger partial charge on any atom is -0.351 e. The van der Waals surface area contributed by atoms with Crippen molar-refractivity contribution in [3.05, 3.63) is 34.6 Å². The van der Waals surface area contributed by atoms with Gasteiger partial charge in [-0.2, -0.15) is 17.5 Å². The molecule has 1 N–H and O–H groups in total. The van der Waals surface area contributed by atoms with Crippen LogP contribution in [0.2, 0.25) is 0 Å². The van der Waals surface area contributed by atoms with E-state index < -0.39 is 27.8 Å². The van der Waals surface area contributed by atoms with Crippen LogP contribution in [-0.4, -0.2) is 51.1 Å². The first-order chi connectivity index (χ1) is 13.0. The van der Waals surface area contributed by atoms with Gasteiger partial charge in [-0.1, -0.05) is 0 Å². The molecule has 0 saturated carbocycles. The Kier molecular flexibility index (Phi) is 5.69. The van der Waals surface area contributed by atoms with Gasteiger partial charge < -0.3 is 9.88 Å². The number of halogens is 4. The quantitative estimate of drug-likeness (QED) is 0.719. The molecule has 2 aromatic heterocycles. The van der Waals surface area contributed by atoms with Gasteiger partial charge in [0.15, 0.2) is 0 Å². The summed E-state index contributed by atoms with van der Waals surface area (Å²) in [4.78, 5) is 11.8. The minimum atomic E-state index is -4.50. The molecule has 8 nitrogen and oxygen atoms in total. The van der Waals surface area contributed by atoms with Crippen LogP contribution in [-0.2, 0) is 23.2 Å². The largest absolute Gasteiger partial charge is 0.419 e.